The summed E-state index contributed by atoms with van der Waals surface area (Å²) in [5.74, 6) is -2.08. The lowest BCUT2D eigenvalue weighted by Crippen LogP contribution is -2.15. The van der Waals surface area contributed by atoms with Gasteiger partial charge in [0.05, 0.1) is 6.10 Å². The number of hydrogen-bond acceptors (Lipinski definition) is 2. The van der Waals surface area contributed by atoms with Crippen molar-refractivity contribution in [3.63, 3.8) is 0 Å². The second-order valence-corrected chi connectivity index (χ2v) is 3.49. The fraction of sp³-hybridized carbons (Fsp3) is 0.417. The average molecular weight is 228 g/mol. The third-order valence-corrected chi connectivity index (χ3v) is 2.35. The summed E-state index contributed by atoms with van der Waals surface area (Å²) < 4.78 is 32.0. The van der Waals surface area contributed by atoms with Gasteiger partial charge in [-0.2, -0.15) is 0 Å². The molecule has 1 rings (SSSR count). The highest BCUT2D eigenvalue weighted by Crippen LogP contribution is 2.25. The van der Waals surface area contributed by atoms with Crippen molar-refractivity contribution in [2.75, 3.05) is 0 Å². The Morgan fingerprint density at radius 2 is 1.75 bits per heavy atom. The molecule has 0 atom stereocenters. The van der Waals surface area contributed by atoms with Crippen molar-refractivity contribution in [1.82, 2.24) is 0 Å². The monoisotopic (exact) mass is 228 g/mol. The van der Waals surface area contributed by atoms with Gasteiger partial charge in [0.2, 0.25) is 0 Å². The van der Waals surface area contributed by atoms with E-state index in [1.807, 2.05) is 13.8 Å². The van der Waals surface area contributed by atoms with Crippen LogP contribution in [-0.4, -0.2) is 12.4 Å². The van der Waals surface area contributed by atoms with E-state index in [1.54, 1.807) is 0 Å². The molecule has 4 heteroatoms. The van der Waals surface area contributed by atoms with E-state index in [1.165, 1.54) is 0 Å². The van der Waals surface area contributed by atoms with Gasteiger partial charge in [0.25, 0.3) is 0 Å². The van der Waals surface area contributed by atoms with E-state index in [4.69, 9.17) is 4.74 Å². The number of aldehydes is 1. The molecule has 88 valence electrons. The number of rotatable bonds is 5. The number of carbonyl (C=O) groups excluding carboxylic acids is 1. The Hall–Kier alpha value is -1.45. The van der Waals surface area contributed by atoms with Crippen LogP contribution in [-0.2, 0) is 0 Å². The Bertz CT molecular complexity index is 350. The van der Waals surface area contributed by atoms with E-state index >= 15 is 0 Å². The minimum Gasteiger partial charge on any atom is -0.484 e. The van der Waals surface area contributed by atoms with E-state index < -0.39 is 17.4 Å². The molecule has 16 heavy (non-hydrogen) atoms. The summed E-state index contributed by atoms with van der Waals surface area (Å²) >= 11 is 0. The Morgan fingerprint density at radius 3 is 2.12 bits per heavy atom. The molecule has 0 fully saturated rings. The molecule has 0 aliphatic heterocycles. The van der Waals surface area contributed by atoms with Crippen LogP contribution in [0.15, 0.2) is 12.1 Å². The Labute approximate surface area is 93.2 Å². The minimum absolute atomic E-state index is 0.0353. The van der Waals surface area contributed by atoms with E-state index in [0.717, 1.165) is 12.1 Å². The van der Waals surface area contributed by atoms with Gasteiger partial charge in [-0.15, -0.1) is 0 Å². The second-order valence-electron chi connectivity index (χ2n) is 3.49. The molecule has 1 aromatic rings. The molecule has 2 nitrogen and oxygen atoms in total. The van der Waals surface area contributed by atoms with Crippen LogP contribution in [0.2, 0.25) is 0 Å². The Balaban J connectivity index is 3.00. The summed E-state index contributed by atoms with van der Waals surface area (Å²) in [6.45, 7) is 3.76. The molecular formula is C12H14F2O2. The summed E-state index contributed by atoms with van der Waals surface area (Å²) in [5.41, 5.74) is -0.0353. The average Bonchev–Trinajstić information content (AvgIpc) is 2.28. The predicted octanol–water partition coefficient (Wildman–Crippen LogP) is 3.34. The van der Waals surface area contributed by atoms with Crippen molar-refractivity contribution in [2.24, 2.45) is 0 Å². The smallest absolute Gasteiger partial charge is 0.191 e. The third-order valence-electron chi connectivity index (χ3n) is 2.35. The number of hydrogen-bond donors (Lipinski definition) is 0. The summed E-state index contributed by atoms with van der Waals surface area (Å²) in [5, 5.41) is 0. The van der Waals surface area contributed by atoms with Crippen molar-refractivity contribution < 1.29 is 18.3 Å². The van der Waals surface area contributed by atoms with Crippen molar-refractivity contribution in [1.29, 1.82) is 0 Å². The molecular weight excluding hydrogens is 214 g/mol. The fourth-order valence-corrected chi connectivity index (χ4v) is 1.38. The number of halogens is 2. The zero-order chi connectivity index (χ0) is 12.1. The van der Waals surface area contributed by atoms with E-state index in [2.05, 4.69) is 0 Å². The van der Waals surface area contributed by atoms with Crippen LogP contribution in [0.5, 0.6) is 5.75 Å². The minimum atomic E-state index is -0.839. The molecule has 0 saturated carbocycles. The third kappa shape index (κ3) is 2.78. The molecule has 0 saturated heterocycles. The largest absolute Gasteiger partial charge is 0.484 e. The standard InChI is InChI=1S/C12H14F2O2/c1-3-9(4-2)16-12-10(13)5-8(7-15)6-11(12)14/h5-7,9H,3-4H2,1-2H3. The molecule has 0 bridgehead atoms. The van der Waals surface area contributed by atoms with Gasteiger partial charge < -0.3 is 4.74 Å². The zero-order valence-corrected chi connectivity index (χ0v) is 9.30. The SMILES string of the molecule is CCC(CC)Oc1c(F)cc(C=O)cc1F. The summed E-state index contributed by atoms with van der Waals surface area (Å²) in [7, 11) is 0. The van der Waals surface area contributed by atoms with Crippen molar-refractivity contribution >= 4 is 6.29 Å². The molecule has 0 N–H and O–H groups in total. The fourth-order valence-electron chi connectivity index (χ4n) is 1.38. The molecule has 1 aromatic carbocycles. The van der Waals surface area contributed by atoms with Crippen LogP contribution in [0.4, 0.5) is 8.78 Å². The first-order valence-corrected chi connectivity index (χ1v) is 5.23. The Kier molecular flexibility index (Phi) is 4.40. The molecule has 0 aliphatic rings. The van der Waals surface area contributed by atoms with Crippen molar-refractivity contribution in [2.45, 2.75) is 32.8 Å². The van der Waals surface area contributed by atoms with E-state index in [9.17, 15) is 13.6 Å². The zero-order valence-electron chi connectivity index (χ0n) is 9.30. The quantitative estimate of drug-likeness (QED) is 0.722. The molecule has 0 spiro atoms. The highest BCUT2D eigenvalue weighted by atomic mass is 19.1. The Morgan fingerprint density at radius 1 is 1.25 bits per heavy atom. The molecule has 0 aliphatic carbocycles. The first-order chi connectivity index (χ1) is 7.62. The van der Waals surface area contributed by atoms with Gasteiger partial charge >= 0.3 is 0 Å². The van der Waals surface area contributed by atoms with Gasteiger partial charge in [0.1, 0.15) is 6.29 Å². The lowest BCUT2D eigenvalue weighted by atomic mass is 10.2. The summed E-state index contributed by atoms with van der Waals surface area (Å²) in [6.07, 6.45) is 1.52. The molecule has 0 aromatic heterocycles. The van der Waals surface area contributed by atoms with Gasteiger partial charge in [-0.3, -0.25) is 4.79 Å². The second kappa shape index (κ2) is 5.58. The van der Waals surface area contributed by atoms with Crippen molar-refractivity contribution in [3.05, 3.63) is 29.3 Å². The van der Waals surface area contributed by atoms with Gasteiger partial charge in [0, 0.05) is 5.56 Å². The number of benzene rings is 1. The van der Waals surface area contributed by atoms with E-state index in [0.29, 0.717) is 19.1 Å². The highest BCUT2D eigenvalue weighted by Gasteiger charge is 2.15. The maximum absolute atomic E-state index is 13.4. The molecule has 0 radical (unpaired) electrons. The number of carbonyl (C=O) groups is 1. The highest BCUT2D eigenvalue weighted by molar-refractivity contribution is 5.75. The summed E-state index contributed by atoms with van der Waals surface area (Å²) in [6, 6.07) is 1.93. The van der Waals surface area contributed by atoms with Crippen LogP contribution in [0.3, 0.4) is 0 Å². The van der Waals surface area contributed by atoms with Crippen LogP contribution in [0, 0.1) is 11.6 Å². The molecule has 0 unspecified atom stereocenters. The van der Waals surface area contributed by atoms with Crippen LogP contribution in [0.25, 0.3) is 0 Å². The van der Waals surface area contributed by atoms with Gasteiger partial charge in [0.15, 0.2) is 17.4 Å². The van der Waals surface area contributed by atoms with Crippen LogP contribution >= 0.6 is 0 Å². The first kappa shape index (κ1) is 12.6. The lowest BCUT2D eigenvalue weighted by molar-refractivity contribution is 0.112. The van der Waals surface area contributed by atoms with Gasteiger partial charge in [-0.25, -0.2) is 8.78 Å². The van der Waals surface area contributed by atoms with Crippen LogP contribution < -0.4 is 4.74 Å². The predicted molar refractivity (Wildman–Crippen MR) is 56.7 cm³/mol. The molecule has 0 amide bonds. The van der Waals surface area contributed by atoms with Gasteiger partial charge in [-0.05, 0) is 25.0 Å². The molecule has 0 heterocycles. The summed E-state index contributed by atoms with van der Waals surface area (Å²) in [4.78, 5) is 10.4. The maximum Gasteiger partial charge on any atom is 0.191 e. The van der Waals surface area contributed by atoms with Crippen LogP contribution in [0.1, 0.15) is 37.0 Å². The normalized spacial score (nSPS) is 10.6. The topological polar surface area (TPSA) is 26.3 Å². The maximum atomic E-state index is 13.4. The van der Waals surface area contributed by atoms with Crippen molar-refractivity contribution in [3.8, 4) is 5.75 Å². The van der Waals surface area contributed by atoms with E-state index in [-0.39, 0.29) is 11.7 Å². The number of ether oxygens (including phenoxy) is 1. The van der Waals surface area contributed by atoms with Gasteiger partial charge in [-0.1, -0.05) is 13.8 Å². The lowest BCUT2D eigenvalue weighted by Gasteiger charge is -2.16. The first-order valence-electron chi connectivity index (χ1n) is 5.23.